The van der Waals surface area contributed by atoms with E-state index in [0.717, 1.165) is 26.2 Å². The highest BCUT2D eigenvalue weighted by Crippen LogP contribution is 2.36. The van der Waals surface area contributed by atoms with Crippen LogP contribution < -0.4 is 9.64 Å². The number of fused-ring (bicyclic) bond motifs is 1. The Labute approximate surface area is 126 Å². The first-order valence-electron chi connectivity index (χ1n) is 6.37. The maximum Gasteiger partial charge on any atom is 0.268 e. The van der Waals surface area contributed by atoms with Gasteiger partial charge in [-0.3, -0.25) is 4.79 Å². The lowest BCUT2D eigenvalue weighted by Gasteiger charge is -2.33. The molecule has 3 nitrogen and oxygen atoms in total. The summed E-state index contributed by atoms with van der Waals surface area (Å²) in [4.78, 5) is 15.2. The summed E-state index contributed by atoms with van der Waals surface area (Å²) in [7, 11) is 0. The van der Waals surface area contributed by atoms with Crippen molar-refractivity contribution in [1.29, 1.82) is 0 Å². The number of thiophene rings is 1. The van der Waals surface area contributed by atoms with Gasteiger partial charge in [-0.25, -0.2) is 0 Å². The number of halogens is 1. The maximum absolute atomic E-state index is 12.4. The molecule has 0 N–H and O–H groups in total. The van der Waals surface area contributed by atoms with E-state index in [1.165, 1.54) is 11.3 Å². The van der Waals surface area contributed by atoms with Crippen LogP contribution in [-0.4, -0.2) is 12.0 Å². The number of hydrogen-bond acceptors (Lipinski definition) is 3. The lowest BCUT2D eigenvalue weighted by atomic mass is 10.1. The Kier molecular flexibility index (Phi) is 3.44. The van der Waals surface area contributed by atoms with Crippen LogP contribution in [0.1, 0.15) is 17.4 Å². The van der Waals surface area contributed by atoms with E-state index in [2.05, 4.69) is 0 Å². The van der Waals surface area contributed by atoms with Gasteiger partial charge in [-0.1, -0.05) is 17.7 Å². The van der Waals surface area contributed by atoms with Crippen molar-refractivity contribution in [3.63, 3.8) is 0 Å². The van der Waals surface area contributed by atoms with Crippen LogP contribution in [-0.2, 0) is 11.3 Å². The van der Waals surface area contributed by atoms with E-state index in [0.29, 0.717) is 6.54 Å². The minimum Gasteiger partial charge on any atom is -0.479 e. The van der Waals surface area contributed by atoms with Gasteiger partial charge in [0, 0.05) is 4.88 Å². The molecule has 0 aliphatic carbocycles. The third kappa shape index (κ3) is 2.41. The van der Waals surface area contributed by atoms with Crippen molar-refractivity contribution < 1.29 is 9.53 Å². The molecule has 2 heterocycles. The number of nitrogens with zero attached hydrogens (tertiary/aromatic N) is 1. The lowest BCUT2D eigenvalue weighted by Crippen LogP contribution is -2.43. The van der Waals surface area contributed by atoms with Crippen LogP contribution in [0.4, 0.5) is 5.69 Å². The molecule has 2 aromatic rings. The SMILES string of the molecule is Cc1ccc2c(c1)N(Cc1ccc(Cl)s1)C(=O)C(C)O2. The first-order valence-corrected chi connectivity index (χ1v) is 7.57. The second kappa shape index (κ2) is 5.11. The summed E-state index contributed by atoms with van der Waals surface area (Å²) in [6.07, 6.45) is -0.458. The van der Waals surface area contributed by atoms with Crippen LogP contribution in [0, 0.1) is 6.92 Å². The molecule has 1 aliphatic rings. The quantitative estimate of drug-likeness (QED) is 0.838. The summed E-state index contributed by atoms with van der Waals surface area (Å²) in [6, 6.07) is 9.70. The van der Waals surface area contributed by atoms with E-state index in [1.807, 2.05) is 37.3 Å². The number of rotatable bonds is 2. The van der Waals surface area contributed by atoms with E-state index < -0.39 is 6.10 Å². The molecule has 0 saturated heterocycles. The fourth-order valence-electron chi connectivity index (χ4n) is 2.27. The molecule has 0 fully saturated rings. The van der Waals surface area contributed by atoms with Gasteiger partial charge in [0.15, 0.2) is 6.10 Å². The van der Waals surface area contributed by atoms with Gasteiger partial charge >= 0.3 is 0 Å². The van der Waals surface area contributed by atoms with E-state index in [1.54, 1.807) is 11.8 Å². The van der Waals surface area contributed by atoms with Gasteiger partial charge < -0.3 is 9.64 Å². The average Bonchev–Trinajstić information content (AvgIpc) is 2.81. The molecule has 0 spiro atoms. The Morgan fingerprint density at radius 3 is 2.85 bits per heavy atom. The summed E-state index contributed by atoms with van der Waals surface area (Å²) in [5.74, 6) is 0.734. The minimum atomic E-state index is -0.458. The van der Waals surface area contributed by atoms with E-state index >= 15 is 0 Å². The molecule has 20 heavy (non-hydrogen) atoms. The second-order valence-electron chi connectivity index (χ2n) is 4.86. The lowest BCUT2D eigenvalue weighted by molar-refractivity contribution is -0.125. The zero-order valence-corrected chi connectivity index (χ0v) is 12.8. The average molecular weight is 308 g/mol. The normalized spacial score (nSPS) is 17.9. The fraction of sp³-hybridized carbons (Fsp3) is 0.267. The number of anilines is 1. The highest BCUT2D eigenvalue weighted by atomic mass is 35.5. The van der Waals surface area contributed by atoms with Crippen molar-refractivity contribution in [2.75, 3.05) is 4.90 Å². The first-order chi connectivity index (χ1) is 9.54. The fourth-order valence-corrected chi connectivity index (χ4v) is 3.35. The van der Waals surface area contributed by atoms with Crippen LogP contribution in [0.25, 0.3) is 0 Å². The number of carbonyl (C=O) groups is 1. The predicted molar refractivity (Wildman–Crippen MR) is 81.8 cm³/mol. The molecule has 1 aliphatic heterocycles. The second-order valence-corrected chi connectivity index (χ2v) is 6.66. The number of carbonyl (C=O) groups excluding carboxylic acids is 1. The molecule has 0 bridgehead atoms. The van der Waals surface area contributed by atoms with Gasteiger partial charge in [-0.15, -0.1) is 11.3 Å². The first kappa shape index (κ1) is 13.5. The van der Waals surface area contributed by atoms with E-state index in [9.17, 15) is 4.79 Å². The van der Waals surface area contributed by atoms with Gasteiger partial charge in [-0.2, -0.15) is 0 Å². The standard InChI is InChI=1S/C15H14ClNO2S/c1-9-3-5-13-12(7-9)17(15(18)10(2)19-13)8-11-4-6-14(16)20-11/h3-7,10H,8H2,1-2H3. The molecule has 3 rings (SSSR count). The topological polar surface area (TPSA) is 29.5 Å². The molecule has 1 atom stereocenters. The van der Waals surface area contributed by atoms with Crippen LogP contribution in [0.2, 0.25) is 4.34 Å². The monoisotopic (exact) mass is 307 g/mol. The van der Waals surface area contributed by atoms with Gasteiger partial charge in [-0.05, 0) is 43.7 Å². The van der Waals surface area contributed by atoms with Crippen LogP contribution in [0.3, 0.4) is 0 Å². The Morgan fingerprint density at radius 2 is 2.15 bits per heavy atom. The third-order valence-corrected chi connectivity index (χ3v) is 4.48. The van der Waals surface area contributed by atoms with Gasteiger partial charge in [0.25, 0.3) is 5.91 Å². The van der Waals surface area contributed by atoms with E-state index in [-0.39, 0.29) is 5.91 Å². The number of benzene rings is 1. The molecular formula is C15H14ClNO2S. The Morgan fingerprint density at radius 1 is 1.35 bits per heavy atom. The largest absolute Gasteiger partial charge is 0.479 e. The highest BCUT2D eigenvalue weighted by Gasteiger charge is 2.31. The molecule has 104 valence electrons. The smallest absolute Gasteiger partial charge is 0.268 e. The van der Waals surface area contributed by atoms with Crippen LogP contribution >= 0.6 is 22.9 Å². The Bertz CT molecular complexity index is 668. The molecule has 0 radical (unpaired) electrons. The van der Waals surface area contributed by atoms with Crippen LogP contribution in [0.15, 0.2) is 30.3 Å². The van der Waals surface area contributed by atoms with Crippen LogP contribution in [0.5, 0.6) is 5.75 Å². The number of hydrogen-bond donors (Lipinski definition) is 0. The Hall–Kier alpha value is -1.52. The summed E-state index contributed by atoms with van der Waals surface area (Å²) in [5, 5.41) is 0. The molecule has 5 heteroatoms. The van der Waals surface area contributed by atoms with E-state index in [4.69, 9.17) is 16.3 Å². The zero-order valence-electron chi connectivity index (χ0n) is 11.2. The van der Waals surface area contributed by atoms with Crippen molar-refractivity contribution in [3.05, 3.63) is 45.1 Å². The van der Waals surface area contributed by atoms with Crippen molar-refractivity contribution in [2.24, 2.45) is 0 Å². The van der Waals surface area contributed by atoms with Crippen molar-refractivity contribution >= 4 is 34.5 Å². The predicted octanol–water partition coefficient (Wildman–Crippen LogP) is 4.02. The number of amides is 1. The molecular weight excluding hydrogens is 294 g/mol. The molecule has 1 unspecified atom stereocenters. The maximum atomic E-state index is 12.4. The molecule has 1 aromatic heterocycles. The van der Waals surface area contributed by atoms with Crippen molar-refractivity contribution in [1.82, 2.24) is 0 Å². The Balaban J connectivity index is 2.00. The molecule has 1 amide bonds. The summed E-state index contributed by atoms with van der Waals surface area (Å²) in [6.45, 7) is 4.31. The minimum absolute atomic E-state index is 0.0207. The summed E-state index contributed by atoms with van der Waals surface area (Å²) in [5.41, 5.74) is 1.93. The third-order valence-electron chi connectivity index (χ3n) is 3.27. The highest BCUT2D eigenvalue weighted by molar-refractivity contribution is 7.16. The van der Waals surface area contributed by atoms with Gasteiger partial charge in [0.2, 0.25) is 0 Å². The molecule has 1 aromatic carbocycles. The zero-order chi connectivity index (χ0) is 14.3. The number of aryl methyl sites for hydroxylation is 1. The summed E-state index contributed by atoms with van der Waals surface area (Å²) < 4.78 is 6.39. The molecule has 0 saturated carbocycles. The summed E-state index contributed by atoms with van der Waals surface area (Å²) >= 11 is 7.45. The van der Waals surface area contributed by atoms with Gasteiger partial charge in [0.1, 0.15) is 5.75 Å². The van der Waals surface area contributed by atoms with Crippen molar-refractivity contribution in [3.8, 4) is 5.75 Å². The van der Waals surface area contributed by atoms with Crippen molar-refractivity contribution in [2.45, 2.75) is 26.5 Å². The number of ether oxygens (including phenoxy) is 1. The van der Waals surface area contributed by atoms with Gasteiger partial charge in [0.05, 0.1) is 16.6 Å².